The number of rotatable bonds is 6. The van der Waals surface area contributed by atoms with Crippen molar-refractivity contribution in [2.75, 3.05) is 12.3 Å². The highest BCUT2D eigenvalue weighted by Gasteiger charge is 2.18. The smallest absolute Gasteiger partial charge is 0.255 e. The fourth-order valence-electron chi connectivity index (χ4n) is 1.82. The Balaban J connectivity index is 2.90. The monoisotopic (exact) mass is 264 g/mol. The van der Waals surface area contributed by atoms with Gasteiger partial charge in [0.15, 0.2) is 5.75 Å². The van der Waals surface area contributed by atoms with Gasteiger partial charge in [-0.25, -0.2) is 0 Å². The third-order valence-corrected chi connectivity index (χ3v) is 3.44. The van der Waals surface area contributed by atoms with E-state index in [1.807, 2.05) is 13.8 Å². The van der Waals surface area contributed by atoms with Gasteiger partial charge in [-0.1, -0.05) is 26.3 Å². The average Bonchev–Trinajstić information content (AvgIpc) is 2.40. The van der Waals surface area contributed by atoms with Crippen LogP contribution in [0.25, 0.3) is 0 Å². The van der Waals surface area contributed by atoms with Crippen molar-refractivity contribution in [1.82, 2.24) is 5.32 Å². The molecule has 0 saturated heterocycles. The molecule has 4 heteroatoms. The lowest BCUT2D eigenvalue weighted by Crippen LogP contribution is -2.37. The number of benzene rings is 1. The fraction of sp³-hybridized carbons (Fsp3) is 0.533. The largest absolute Gasteiger partial charge is 0.491 e. The molecule has 4 nitrogen and oxygen atoms in total. The zero-order chi connectivity index (χ0) is 14.4. The first-order chi connectivity index (χ1) is 9.01. The van der Waals surface area contributed by atoms with E-state index in [0.29, 0.717) is 29.5 Å². The molecule has 2 unspecified atom stereocenters. The summed E-state index contributed by atoms with van der Waals surface area (Å²) >= 11 is 0. The average molecular weight is 264 g/mol. The number of nitrogen functional groups attached to an aromatic ring is 1. The summed E-state index contributed by atoms with van der Waals surface area (Å²) in [6.45, 7) is 8.59. The molecule has 0 bridgehead atoms. The van der Waals surface area contributed by atoms with E-state index in [1.165, 1.54) is 0 Å². The standard InChI is InChI=1S/C15H24N2O2/c1-5-10(3)11(4)17-15(18)12-8-7-9-13(16)14(12)19-6-2/h7-11H,5-6,16H2,1-4H3,(H,17,18). The predicted octanol–water partition coefficient (Wildman–Crippen LogP) is 2.83. The van der Waals surface area contributed by atoms with Gasteiger partial charge in [0.05, 0.1) is 17.9 Å². The van der Waals surface area contributed by atoms with Crippen molar-refractivity contribution in [3.8, 4) is 5.75 Å². The van der Waals surface area contributed by atoms with E-state index >= 15 is 0 Å². The first-order valence-corrected chi connectivity index (χ1v) is 6.83. The van der Waals surface area contributed by atoms with Crippen molar-refractivity contribution in [3.63, 3.8) is 0 Å². The van der Waals surface area contributed by atoms with Gasteiger partial charge < -0.3 is 15.8 Å². The minimum atomic E-state index is -0.136. The summed E-state index contributed by atoms with van der Waals surface area (Å²) in [7, 11) is 0. The van der Waals surface area contributed by atoms with E-state index in [1.54, 1.807) is 18.2 Å². The molecule has 1 aromatic rings. The van der Waals surface area contributed by atoms with E-state index < -0.39 is 0 Å². The van der Waals surface area contributed by atoms with E-state index in [0.717, 1.165) is 6.42 Å². The molecule has 3 N–H and O–H groups in total. The Kier molecular flexibility index (Phi) is 5.67. The van der Waals surface area contributed by atoms with Crippen molar-refractivity contribution < 1.29 is 9.53 Å². The van der Waals surface area contributed by atoms with Crippen molar-refractivity contribution in [2.24, 2.45) is 5.92 Å². The molecule has 1 amide bonds. The Hall–Kier alpha value is -1.71. The van der Waals surface area contributed by atoms with Crippen LogP contribution in [-0.2, 0) is 0 Å². The second kappa shape index (κ2) is 7.02. The molecule has 0 aliphatic rings. The molecule has 1 rings (SSSR count). The number of anilines is 1. The Morgan fingerprint density at radius 3 is 2.63 bits per heavy atom. The maximum absolute atomic E-state index is 12.3. The second-order valence-corrected chi connectivity index (χ2v) is 4.80. The molecular weight excluding hydrogens is 240 g/mol. The topological polar surface area (TPSA) is 64.3 Å². The lowest BCUT2D eigenvalue weighted by atomic mass is 10.0. The highest BCUT2D eigenvalue weighted by atomic mass is 16.5. The molecule has 1 aromatic carbocycles. The van der Waals surface area contributed by atoms with Crippen LogP contribution in [-0.4, -0.2) is 18.6 Å². The molecule has 0 spiro atoms. The van der Waals surface area contributed by atoms with Crippen molar-refractivity contribution in [1.29, 1.82) is 0 Å². The molecule has 0 radical (unpaired) electrons. The van der Waals surface area contributed by atoms with Gasteiger partial charge in [0, 0.05) is 6.04 Å². The fourth-order valence-corrected chi connectivity index (χ4v) is 1.82. The van der Waals surface area contributed by atoms with Gasteiger partial charge in [0.1, 0.15) is 0 Å². The van der Waals surface area contributed by atoms with Crippen LogP contribution >= 0.6 is 0 Å². The van der Waals surface area contributed by atoms with Crippen LogP contribution in [0.5, 0.6) is 5.75 Å². The van der Waals surface area contributed by atoms with Gasteiger partial charge in [0.25, 0.3) is 5.91 Å². The lowest BCUT2D eigenvalue weighted by molar-refractivity contribution is 0.0924. The van der Waals surface area contributed by atoms with E-state index in [4.69, 9.17) is 10.5 Å². The van der Waals surface area contributed by atoms with Gasteiger partial charge in [0.2, 0.25) is 0 Å². The van der Waals surface area contributed by atoms with Crippen LogP contribution in [0.15, 0.2) is 18.2 Å². The highest BCUT2D eigenvalue weighted by Crippen LogP contribution is 2.26. The van der Waals surface area contributed by atoms with Crippen molar-refractivity contribution >= 4 is 11.6 Å². The summed E-state index contributed by atoms with van der Waals surface area (Å²) in [5, 5.41) is 3.00. The van der Waals surface area contributed by atoms with Crippen LogP contribution in [0.3, 0.4) is 0 Å². The van der Waals surface area contributed by atoms with Crippen molar-refractivity contribution in [3.05, 3.63) is 23.8 Å². The maximum atomic E-state index is 12.3. The van der Waals surface area contributed by atoms with Gasteiger partial charge >= 0.3 is 0 Å². The van der Waals surface area contributed by atoms with Gasteiger partial charge in [-0.3, -0.25) is 4.79 Å². The number of amides is 1. The number of hydrogen-bond donors (Lipinski definition) is 2. The number of nitrogens with one attached hydrogen (secondary N) is 1. The van der Waals surface area contributed by atoms with Gasteiger partial charge in [-0.15, -0.1) is 0 Å². The molecular formula is C15H24N2O2. The Bertz CT molecular complexity index is 432. The van der Waals surface area contributed by atoms with Crippen LogP contribution < -0.4 is 15.8 Å². The molecule has 106 valence electrons. The zero-order valence-electron chi connectivity index (χ0n) is 12.2. The predicted molar refractivity (Wildman–Crippen MR) is 78.4 cm³/mol. The van der Waals surface area contributed by atoms with E-state index in [9.17, 15) is 4.79 Å². The summed E-state index contributed by atoms with van der Waals surface area (Å²) in [5.74, 6) is 0.767. The number of ether oxygens (including phenoxy) is 1. The summed E-state index contributed by atoms with van der Waals surface area (Å²) < 4.78 is 5.47. The number of nitrogens with two attached hydrogens (primary N) is 1. The van der Waals surface area contributed by atoms with Crippen LogP contribution in [0.1, 0.15) is 44.5 Å². The minimum absolute atomic E-state index is 0.119. The molecule has 0 aliphatic carbocycles. The van der Waals surface area contributed by atoms with E-state index in [2.05, 4.69) is 19.2 Å². The summed E-state index contributed by atoms with van der Waals surface area (Å²) in [4.78, 5) is 12.3. The van der Waals surface area contributed by atoms with Crippen molar-refractivity contribution in [2.45, 2.75) is 40.2 Å². The second-order valence-electron chi connectivity index (χ2n) is 4.80. The summed E-state index contributed by atoms with van der Waals surface area (Å²) in [5.41, 5.74) is 6.85. The third-order valence-electron chi connectivity index (χ3n) is 3.44. The first-order valence-electron chi connectivity index (χ1n) is 6.83. The number of carbonyl (C=O) groups is 1. The Morgan fingerprint density at radius 2 is 2.05 bits per heavy atom. The zero-order valence-corrected chi connectivity index (χ0v) is 12.2. The summed E-state index contributed by atoms with van der Waals surface area (Å²) in [6.07, 6.45) is 1.02. The molecule has 0 heterocycles. The molecule has 0 aromatic heterocycles. The molecule has 0 aliphatic heterocycles. The van der Waals surface area contributed by atoms with Crippen LogP contribution in [0.2, 0.25) is 0 Å². The SMILES string of the molecule is CCOc1c(N)cccc1C(=O)NC(C)C(C)CC. The molecule has 19 heavy (non-hydrogen) atoms. The van der Waals surface area contributed by atoms with Crippen LogP contribution in [0.4, 0.5) is 5.69 Å². The van der Waals surface area contributed by atoms with Gasteiger partial charge in [-0.05, 0) is 31.9 Å². The normalized spacial score (nSPS) is 13.7. The lowest BCUT2D eigenvalue weighted by Gasteiger charge is -2.21. The number of carbonyl (C=O) groups excluding carboxylic acids is 1. The molecule has 0 fully saturated rings. The van der Waals surface area contributed by atoms with Crippen LogP contribution in [0, 0.1) is 5.92 Å². The Morgan fingerprint density at radius 1 is 1.37 bits per heavy atom. The first kappa shape index (κ1) is 15.3. The maximum Gasteiger partial charge on any atom is 0.255 e. The molecule has 2 atom stereocenters. The minimum Gasteiger partial charge on any atom is -0.491 e. The molecule has 0 saturated carbocycles. The number of para-hydroxylation sites is 1. The number of hydrogen-bond acceptors (Lipinski definition) is 3. The Labute approximate surface area is 115 Å². The quantitative estimate of drug-likeness (QED) is 0.776. The highest BCUT2D eigenvalue weighted by molar-refractivity contribution is 5.98. The van der Waals surface area contributed by atoms with E-state index in [-0.39, 0.29) is 11.9 Å². The van der Waals surface area contributed by atoms with Gasteiger partial charge in [-0.2, -0.15) is 0 Å². The third kappa shape index (κ3) is 3.88. The summed E-state index contributed by atoms with van der Waals surface area (Å²) in [6, 6.07) is 5.36.